The molecule has 0 radical (unpaired) electrons. The van der Waals surface area contributed by atoms with Crippen LogP contribution in [0.2, 0.25) is 0 Å². The highest BCUT2D eigenvalue weighted by atomic mass is 16.5. The predicted octanol–water partition coefficient (Wildman–Crippen LogP) is 3.29. The number of likely N-dealkylation sites (tertiary alicyclic amines) is 1. The molecule has 1 aliphatic rings. The average Bonchev–Trinajstić information content (AvgIpc) is 3.19. The quantitative estimate of drug-likeness (QED) is 0.773. The predicted molar refractivity (Wildman–Crippen MR) is 97.1 cm³/mol. The molecule has 2 aromatic heterocycles. The summed E-state index contributed by atoms with van der Waals surface area (Å²) in [5.74, 6) is 0.890. The van der Waals surface area contributed by atoms with Crippen LogP contribution in [0.15, 0.2) is 42.6 Å². The van der Waals surface area contributed by atoms with Gasteiger partial charge in [-0.2, -0.15) is 0 Å². The molecule has 3 aromatic rings. The van der Waals surface area contributed by atoms with Crippen LogP contribution in [0.5, 0.6) is 5.75 Å². The van der Waals surface area contributed by atoms with Gasteiger partial charge in [-0.3, -0.25) is 0 Å². The van der Waals surface area contributed by atoms with Crippen LogP contribution < -0.4 is 10.5 Å². The summed E-state index contributed by atoms with van der Waals surface area (Å²) < 4.78 is 6.02. The number of rotatable bonds is 4. The zero-order chi connectivity index (χ0) is 16.5. The Morgan fingerprint density at radius 1 is 1.33 bits per heavy atom. The van der Waals surface area contributed by atoms with Gasteiger partial charge in [0.2, 0.25) is 0 Å². The Bertz CT molecular complexity index is 857. The van der Waals surface area contributed by atoms with Gasteiger partial charge in [-0.25, -0.2) is 4.98 Å². The number of nitrogen functional groups attached to an aromatic ring is 1. The zero-order valence-corrected chi connectivity index (χ0v) is 13.8. The van der Waals surface area contributed by atoms with Crippen LogP contribution in [-0.2, 0) is 0 Å². The molecule has 0 amide bonds. The number of hydrogen-bond acceptors (Lipinski definition) is 4. The molecule has 5 nitrogen and oxygen atoms in total. The fraction of sp³-hybridized carbons (Fsp3) is 0.316. The Morgan fingerprint density at radius 3 is 3.08 bits per heavy atom. The van der Waals surface area contributed by atoms with Gasteiger partial charge >= 0.3 is 0 Å². The molecule has 124 valence electrons. The normalized spacial score (nSPS) is 18.3. The van der Waals surface area contributed by atoms with Gasteiger partial charge in [0.1, 0.15) is 18.0 Å². The van der Waals surface area contributed by atoms with Crippen molar-refractivity contribution in [3.05, 3.63) is 42.6 Å². The second-order valence-corrected chi connectivity index (χ2v) is 6.45. The third-order valence-electron chi connectivity index (χ3n) is 4.81. The lowest BCUT2D eigenvalue weighted by Gasteiger charge is -2.19. The second-order valence-electron chi connectivity index (χ2n) is 6.45. The van der Waals surface area contributed by atoms with E-state index in [1.165, 1.54) is 12.8 Å². The van der Waals surface area contributed by atoms with Gasteiger partial charge in [0.15, 0.2) is 0 Å². The van der Waals surface area contributed by atoms with Gasteiger partial charge in [-0.15, -0.1) is 0 Å². The number of nitrogens with two attached hydrogens (primary N) is 1. The molecule has 5 heteroatoms. The van der Waals surface area contributed by atoms with Crippen LogP contribution in [0.4, 0.5) is 5.69 Å². The highest BCUT2D eigenvalue weighted by Gasteiger charge is 2.21. The molecular weight excluding hydrogens is 300 g/mol. The third-order valence-corrected chi connectivity index (χ3v) is 4.81. The molecule has 1 fully saturated rings. The summed E-state index contributed by atoms with van der Waals surface area (Å²) in [7, 11) is 2.17. The fourth-order valence-corrected chi connectivity index (χ4v) is 3.31. The van der Waals surface area contributed by atoms with E-state index in [0.29, 0.717) is 6.04 Å². The maximum Gasteiger partial charge on any atom is 0.140 e. The zero-order valence-electron chi connectivity index (χ0n) is 13.8. The number of likely N-dealkylation sites (N-methyl/N-ethyl adjacent to an activating group) is 1. The number of fused-ring (bicyclic) bond motifs is 1. The van der Waals surface area contributed by atoms with Crippen molar-refractivity contribution < 1.29 is 4.74 Å². The second kappa shape index (κ2) is 6.17. The Labute approximate surface area is 141 Å². The number of pyridine rings is 1. The SMILES string of the molecule is CN1CCC[C@H]1COc1cccc(-c2ccc3c(N)c[nH]c3n2)c1. The largest absolute Gasteiger partial charge is 0.492 e. The Morgan fingerprint density at radius 2 is 2.25 bits per heavy atom. The van der Waals surface area contributed by atoms with Crippen molar-refractivity contribution >= 4 is 16.7 Å². The number of hydrogen-bond donors (Lipinski definition) is 2. The van der Waals surface area contributed by atoms with Crippen molar-refractivity contribution in [3.8, 4) is 17.0 Å². The molecule has 1 aromatic carbocycles. The smallest absolute Gasteiger partial charge is 0.140 e. The van der Waals surface area contributed by atoms with Gasteiger partial charge in [-0.1, -0.05) is 12.1 Å². The van der Waals surface area contributed by atoms with E-state index in [-0.39, 0.29) is 0 Å². The van der Waals surface area contributed by atoms with E-state index in [0.717, 1.165) is 46.9 Å². The Hall–Kier alpha value is -2.53. The molecule has 1 aliphatic heterocycles. The first-order valence-corrected chi connectivity index (χ1v) is 8.38. The molecule has 1 atom stereocenters. The Balaban J connectivity index is 1.54. The van der Waals surface area contributed by atoms with E-state index in [4.69, 9.17) is 10.5 Å². The summed E-state index contributed by atoms with van der Waals surface area (Å²) in [6.45, 7) is 1.90. The topological polar surface area (TPSA) is 67.2 Å². The first-order chi connectivity index (χ1) is 11.7. The van der Waals surface area contributed by atoms with Gasteiger partial charge in [0.05, 0.1) is 11.4 Å². The summed E-state index contributed by atoms with van der Waals surface area (Å²) in [6.07, 6.45) is 4.25. The maximum atomic E-state index is 6.02. The van der Waals surface area contributed by atoms with E-state index in [2.05, 4.69) is 34.0 Å². The minimum Gasteiger partial charge on any atom is -0.492 e. The minimum atomic E-state index is 0.519. The third kappa shape index (κ3) is 2.83. The number of nitrogens with one attached hydrogen (secondary N) is 1. The number of aromatic amines is 1. The number of H-pyrrole nitrogens is 1. The molecular formula is C19H22N4O. The van der Waals surface area contributed by atoms with Crippen molar-refractivity contribution in [2.45, 2.75) is 18.9 Å². The molecule has 1 saturated heterocycles. The number of anilines is 1. The molecule has 0 aliphatic carbocycles. The highest BCUT2D eigenvalue weighted by molar-refractivity contribution is 5.90. The monoisotopic (exact) mass is 322 g/mol. The van der Waals surface area contributed by atoms with E-state index < -0.39 is 0 Å². The van der Waals surface area contributed by atoms with Crippen LogP contribution in [0.3, 0.4) is 0 Å². The molecule has 4 rings (SSSR count). The molecule has 3 heterocycles. The van der Waals surface area contributed by atoms with Gasteiger partial charge in [0.25, 0.3) is 0 Å². The van der Waals surface area contributed by atoms with E-state index in [1.54, 1.807) is 6.20 Å². The van der Waals surface area contributed by atoms with E-state index in [1.807, 2.05) is 24.3 Å². The van der Waals surface area contributed by atoms with Crippen LogP contribution in [0.25, 0.3) is 22.3 Å². The summed E-state index contributed by atoms with van der Waals surface area (Å²) >= 11 is 0. The minimum absolute atomic E-state index is 0.519. The first-order valence-electron chi connectivity index (χ1n) is 8.38. The number of benzene rings is 1. The van der Waals surface area contributed by atoms with Gasteiger partial charge < -0.3 is 20.4 Å². The molecule has 3 N–H and O–H groups in total. The van der Waals surface area contributed by atoms with Crippen molar-refractivity contribution in [1.82, 2.24) is 14.9 Å². The van der Waals surface area contributed by atoms with Gasteiger partial charge in [0, 0.05) is 23.2 Å². The number of ether oxygens (including phenoxy) is 1. The first kappa shape index (κ1) is 15.0. The fourth-order valence-electron chi connectivity index (χ4n) is 3.31. The maximum absolute atomic E-state index is 6.02. The number of aromatic nitrogens is 2. The van der Waals surface area contributed by atoms with E-state index >= 15 is 0 Å². The highest BCUT2D eigenvalue weighted by Crippen LogP contribution is 2.26. The summed E-state index contributed by atoms with van der Waals surface area (Å²) in [6, 6.07) is 12.6. The lowest BCUT2D eigenvalue weighted by atomic mass is 10.1. The van der Waals surface area contributed by atoms with Crippen LogP contribution >= 0.6 is 0 Å². The Kier molecular flexibility index (Phi) is 3.86. The van der Waals surface area contributed by atoms with E-state index in [9.17, 15) is 0 Å². The summed E-state index contributed by atoms with van der Waals surface area (Å²) in [4.78, 5) is 10.1. The number of nitrogens with zero attached hydrogens (tertiary/aromatic N) is 2. The van der Waals surface area contributed by atoms with Crippen LogP contribution in [-0.4, -0.2) is 41.1 Å². The summed E-state index contributed by atoms with van der Waals surface area (Å²) in [5.41, 5.74) is 9.39. The summed E-state index contributed by atoms with van der Waals surface area (Å²) in [5, 5.41) is 0.954. The lowest BCUT2D eigenvalue weighted by molar-refractivity contribution is 0.198. The van der Waals surface area contributed by atoms with Gasteiger partial charge in [-0.05, 0) is 50.7 Å². The standard InChI is InChI=1S/C19H22N4O/c1-23-9-3-5-14(23)12-24-15-6-2-4-13(10-15)18-8-7-16-17(20)11-21-19(16)22-18/h2,4,6-8,10-11,14H,3,5,9,12,20H2,1H3,(H,21,22)/t14-/m0/s1. The molecule has 24 heavy (non-hydrogen) atoms. The van der Waals surface area contributed by atoms with Crippen molar-refractivity contribution in [1.29, 1.82) is 0 Å². The lowest BCUT2D eigenvalue weighted by Crippen LogP contribution is -2.30. The average molecular weight is 322 g/mol. The molecule has 0 spiro atoms. The van der Waals surface area contributed by atoms with Crippen molar-refractivity contribution in [2.75, 3.05) is 25.9 Å². The molecule has 0 saturated carbocycles. The van der Waals surface area contributed by atoms with Crippen molar-refractivity contribution in [2.24, 2.45) is 0 Å². The molecule has 0 bridgehead atoms. The van der Waals surface area contributed by atoms with Crippen LogP contribution in [0, 0.1) is 0 Å². The molecule has 0 unspecified atom stereocenters. The van der Waals surface area contributed by atoms with Crippen molar-refractivity contribution in [3.63, 3.8) is 0 Å². The van der Waals surface area contributed by atoms with Crippen LogP contribution in [0.1, 0.15) is 12.8 Å².